The number of rotatable bonds is 5. The smallest absolute Gasteiger partial charge is 0.223 e. The fourth-order valence-electron chi connectivity index (χ4n) is 3.37. The van der Waals surface area contributed by atoms with Crippen molar-refractivity contribution in [3.05, 3.63) is 23.8 Å². The van der Waals surface area contributed by atoms with E-state index in [2.05, 4.69) is 25.2 Å². The molecule has 1 aliphatic heterocycles. The van der Waals surface area contributed by atoms with E-state index >= 15 is 0 Å². The van der Waals surface area contributed by atoms with E-state index in [-0.39, 0.29) is 17.4 Å². The molecule has 1 N–H and O–H groups in total. The lowest BCUT2D eigenvalue weighted by atomic mass is 10.0. The van der Waals surface area contributed by atoms with Gasteiger partial charge in [0.05, 0.1) is 6.54 Å². The highest BCUT2D eigenvalue weighted by atomic mass is 16.5. The van der Waals surface area contributed by atoms with Crippen molar-refractivity contribution < 1.29 is 14.3 Å². The molecule has 1 amide bonds. The second-order valence-corrected chi connectivity index (χ2v) is 6.90. The number of nitrogens with one attached hydrogen (secondary N) is 1. The first-order valence-corrected chi connectivity index (χ1v) is 8.27. The molecule has 0 aromatic heterocycles. The minimum absolute atomic E-state index is 0.168. The van der Waals surface area contributed by atoms with Gasteiger partial charge in [-0.1, -0.05) is 25.0 Å². The Hall–Kier alpha value is -1.71. The highest BCUT2D eigenvalue weighted by molar-refractivity contribution is 5.78. The zero-order chi connectivity index (χ0) is 15.6. The van der Waals surface area contributed by atoms with Crippen LogP contribution in [0.4, 0.5) is 0 Å². The van der Waals surface area contributed by atoms with E-state index in [0.717, 1.165) is 30.8 Å². The van der Waals surface area contributed by atoms with Crippen LogP contribution in [0.3, 0.4) is 0 Å². The molecule has 22 heavy (non-hydrogen) atoms. The summed E-state index contributed by atoms with van der Waals surface area (Å²) in [4.78, 5) is 11.9. The Morgan fingerprint density at radius 1 is 1.36 bits per heavy atom. The van der Waals surface area contributed by atoms with Crippen LogP contribution >= 0.6 is 0 Å². The zero-order valence-electron chi connectivity index (χ0n) is 13.5. The average Bonchev–Trinajstić information content (AvgIpc) is 3.09. The first-order valence-electron chi connectivity index (χ1n) is 8.27. The van der Waals surface area contributed by atoms with Gasteiger partial charge in [-0.25, -0.2) is 0 Å². The number of carbonyl (C=O) groups excluding carboxylic acids is 1. The summed E-state index contributed by atoms with van der Waals surface area (Å²) in [5.41, 5.74) is 1.02. The third kappa shape index (κ3) is 3.37. The highest BCUT2D eigenvalue weighted by Crippen LogP contribution is 2.41. The van der Waals surface area contributed by atoms with Crippen molar-refractivity contribution in [1.29, 1.82) is 0 Å². The lowest BCUT2D eigenvalue weighted by molar-refractivity contribution is -0.124. The van der Waals surface area contributed by atoms with Gasteiger partial charge in [0.25, 0.3) is 0 Å². The zero-order valence-corrected chi connectivity index (χ0v) is 13.5. The van der Waals surface area contributed by atoms with Crippen LogP contribution in [0.25, 0.3) is 0 Å². The van der Waals surface area contributed by atoms with Crippen molar-refractivity contribution in [3.8, 4) is 11.5 Å². The van der Waals surface area contributed by atoms with Crippen LogP contribution in [0.15, 0.2) is 18.2 Å². The van der Waals surface area contributed by atoms with Crippen LogP contribution in [-0.4, -0.2) is 24.7 Å². The molecule has 4 heteroatoms. The van der Waals surface area contributed by atoms with Gasteiger partial charge in [0.2, 0.25) is 5.91 Å². The molecule has 1 heterocycles. The maximum Gasteiger partial charge on any atom is 0.223 e. The van der Waals surface area contributed by atoms with Crippen LogP contribution in [0.5, 0.6) is 11.5 Å². The maximum absolute atomic E-state index is 11.9. The van der Waals surface area contributed by atoms with Gasteiger partial charge in [0, 0.05) is 17.9 Å². The quantitative estimate of drug-likeness (QED) is 0.850. The number of hydrogen-bond acceptors (Lipinski definition) is 3. The number of para-hydroxylation sites is 1. The van der Waals surface area contributed by atoms with E-state index < -0.39 is 0 Å². The largest absolute Gasteiger partial charge is 0.488 e. The summed E-state index contributed by atoms with van der Waals surface area (Å²) < 4.78 is 11.8. The molecule has 1 aromatic carbocycles. The third-order valence-electron chi connectivity index (χ3n) is 4.44. The second-order valence-electron chi connectivity index (χ2n) is 6.90. The van der Waals surface area contributed by atoms with Crippen molar-refractivity contribution in [1.82, 2.24) is 5.32 Å². The molecule has 0 bridgehead atoms. The van der Waals surface area contributed by atoms with E-state index in [0.29, 0.717) is 13.2 Å². The molecule has 1 fully saturated rings. The van der Waals surface area contributed by atoms with E-state index in [1.165, 1.54) is 18.4 Å². The van der Waals surface area contributed by atoms with Crippen LogP contribution in [0.2, 0.25) is 0 Å². The molecule has 0 unspecified atom stereocenters. The van der Waals surface area contributed by atoms with Crippen LogP contribution in [0, 0.1) is 5.92 Å². The molecular formula is C18H25NO3. The number of benzene rings is 1. The molecule has 0 atom stereocenters. The molecule has 4 nitrogen and oxygen atoms in total. The Balaban J connectivity index is 1.49. The first kappa shape index (κ1) is 15.2. The normalized spacial score (nSPS) is 19.5. The van der Waals surface area contributed by atoms with Gasteiger partial charge in [0.1, 0.15) is 12.2 Å². The predicted octanol–water partition coefficient (Wildman–Crippen LogP) is 3.09. The molecule has 0 saturated heterocycles. The molecule has 1 aromatic rings. The number of hydrogen-bond donors (Lipinski definition) is 1. The number of amides is 1. The molecule has 120 valence electrons. The standard InChI is InChI=1S/C18H25NO3/c1-18(2)12-14-8-5-9-15(16(14)22-18)21-11-10-19-17(20)13-6-3-4-7-13/h5,8-9,13H,3-4,6-7,10-12H2,1-2H3,(H,19,20). The molecule has 2 aliphatic rings. The number of fused-ring (bicyclic) bond motifs is 1. The Bertz CT molecular complexity index is 547. The second kappa shape index (κ2) is 6.19. The molecule has 1 saturated carbocycles. The molecule has 0 spiro atoms. The van der Waals surface area contributed by atoms with Crippen molar-refractivity contribution in [2.24, 2.45) is 5.92 Å². The van der Waals surface area contributed by atoms with Gasteiger partial charge < -0.3 is 14.8 Å². The topological polar surface area (TPSA) is 47.6 Å². The van der Waals surface area contributed by atoms with Crippen molar-refractivity contribution in [2.45, 2.75) is 51.6 Å². The van der Waals surface area contributed by atoms with Crippen molar-refractivity contribution in [2.75, 3.05) is 13.2 Å². The fourth-order valence-corrected chi connectivity index (χ4v) is 3.37. The van der Waals surface area contributed by atoms with Crippen molar-refractivity contribution in [3.63, 3.8) is 0 Å². The number of ether oxygens (including phenoxy) is 2. The first-order chi connectivity index (χ1) is 10.6. The lowest BCUT2D eigenvalue weighted by Crippen LogP contribution is -2.32. The summed E-state index contributed by atoms with van der Waals surface area (Å²) in [5, 5.41) is 2.97. The fraction of sp³-hybridized carbons (Fsp3) is 0.611. The van der Waals surface area contributed by atoms with E-state index in [1.54, 1.807) is 0 Å². The Kier molecular flexibility index (Phi) is 4.27. The highest BCUT2D eigenvalue weighted by Gasteiger charge is 2.32. The average molecular weight is 303 g/mol. The van der Waals surface area contributed by atoms with Gasteiger partial charge in [-0.05, 0) is 32.8 Å². The lowest BCUT2D eigenvalue weighted by Gasteiger charge is -2.18. The summed E-state index contributed by atoms with van der Waals surface area (Å²) >= 11 is 0. The van der Waals surface area contributed by atoms with E-state index in [1.807, 2.05) is 12.1 Å². The maximum atomic E-state index is 11.9. The molecule has 1 aliphatic carbocycles. The Morgan fingerprint density at radius 2 is 2.14 bits per heavy atom. The summed E-state index contributed by atoms with van der Waals surface area (Å²) in [6, 6.07) is 6.01. The van der Waals surface area contributed by atoms with Gasteiger partial charge >= 0.3 is 0 Å². The van der Waals surface area contributed by atoms with E-state index in [4.69, 9.17) is 9.47 Å². The van der Waals surface area contributed by atoms with Gasteiger partial charge in [-0.2, -0.15) is 0 Å². The summed E-state index contributed by atoms with van der Waals surface area (Å²) in [7, 11) is 0. The third-order valence-corrected chi connectivity index (χ3v) is 4.44. The van der Waals surface area contributed by atoms with Crippen molar-refractivity contribution >= 4 is 5.91 Å². The van der Waals surface area contributed by atoms with Gasteiger partial charge in [-0.3, -0.25) is 4.79 Å². The molecular weight excluding hydrogens is 278 g/mol. The van der Waals surface area contributed by atoms with Crippen LogP contribution in [-0.2, 0) is 11.2 Å². The summed E-state index contributed by atoms with van der Waals surface area (Å²) in [6.45, 7) is 5.18. The van der Waals surface area contributed by atoms with Gasteiger partial charge in [-0.15, -0.1) is 0 Å². The SMILES string of the molecule is CC1(C)Cc2cccc(OCCNC(=O)C3CCCC3)c2O1. The van der Waals surface area contributed by atoms with Crippen LogP contribution in [0.1, 0.15) is 45.1 Å². The molecule has 0 radical (unpaired) electrons. The minimum Gasteiger partial charge on any atom is -0.488 e. The van der Waals surface area contributed by atoms with E-state index in [9.17, 15) is 4.79 Å². The minimum atomic E-state index is -0.168. The Morgan fingerprint density at radius 3 is 2.91 bits per heavy atom. The van der Waals surface area contributed by atoms with Gasteiger partial charge in [0.15, 0.2) is 11.5 Å². The van der Waals surface area contributed by atoms with Crippen LogP contribution < -0.4 is 14.8 Å². The summed E-state index contributed by atoms with van der Waals surface area (Å²) in [5.74, 6) is 2.02. The predicted molar refractivity (Wildman–Crippen MR) is 85.3 cm³/mol. The molecule has 3 rings (SSSR count). The Labute approximate surface area is 132 Å². The summed E-state index contributed by atoms with van der Waals surface area (Å²) in [6.07, 6.45) is 5.32. The number of carbonyl (C=O) groups is 1. The monoisotopic (exact) mass is 303 g/mol.